The summed E-state index contributed by atoms with van der Waals surface area (Å²) in [5.41, 5.74) is 9.31. The molecular weight excluding hydrogens is 256 g/mol. The van der Waals surface area contributed by atoms with Crippen molar-refractivity contribution in [2.75, 3.05) is 5.73 Å². The minimum atomic E-state index is -0.391. The van der Waals surface area contributed by atoms with Crippen molar-refractivity contribution in [2.45, 2.75) is 26.7 Å². The molecule has 0 fully saturated rings. The summed E-state index contributed by atoms with van der Waals surface area (Å²) in [6, 6.07) is 4.98. The summed E-state index contributed by atoms with van der Waals surface area (Å²) in [7, 11) is 1.77. The molecule has 0 amide bonds. The minimum Gasteiger partial charge on any atom is -0.384 e. The third-order valence-corrected chi connectivity index (χ3v) is 3.25. The molecule has 6 nitrogen and oxygen atoms in total. The van der Waals surface area contributed by atoms with E-state index in [1.54, 1.807) is 23.9 Å². The number of anilines is 1. The van der Waals surface area contributed by atoms with Crippen LogP contribution in [0.4, 0.5) is 11.5 Å². The molecule has 20 heavy (non-hydrogen) atoms. The second-order valence-electron chi connectivity index (χ2n) is 5.24. The van der Waals surface area contributed by atoms with Gasteiger partial charge in [-0.1, -0.05) is 13.8 Å². The van der Waals surface area contributed by atoms with Gasteiger partial charge in [0, 0.05) is 30.3 Å². The first-order valence-electron chi connectivity index (χ1n) is 6.40. The van der Waals surface area contributed by atoms with Crippen molar-refractivity contribution in [3.63, 3.8) is 0 Å². The SMILES string of the molecule is Cc1cc(-c2nn(C)c(N)c2C(C)C)cc([N+](=O)[O-])c1. The molecule has 0 saturated heterocycles. The van der Waals surface area contributed by atoms with Gasteiger partial charge in [-0.05, 0) is 24.5 Å². The number of aryl methyl sites for hydroxylation is 2. The number of rotatable bonds is 3. The number of non-ortho nitro benzene ring substituents is 1. The lowest BCUT2D eigenvalue weighted by Gasteiger charge is -2.08. The van der Waals surface area contributed by atoms with E-state index < -0.39 is 4.92 Å². The highest BCUT2D eigenvalue weighted by molar-refractivity contribution is 5.71. The highest BCUT2D eigenvalue weighted by atomic mass is 16.6. The molecule has 0 unspecified atom stereocenters. The number of nitro groups is 1. The minimum absolute atomic E-state index is 0.0685. The second kappa shape index (κ2) is 4.96. The monoisotopic (exact) mass is 274 g/mol. The van der Waals surface area contributed by atoms with Crippen LogP contribution in [0, 0.1) is 17.0 Å². The quantitative estimate of drug-likeness (QED) is 0.688. The largest absolute Gasteiger partial charge is 0.384 e. The fourth-order valence-electron chi connectivity index (χ4n) is 2.34. The van der Waals surface area contributed by atoms with Gasteiger partial charge in [0.2, 0.25) is 0 Å². The molecule has 0 aliphatic heterocycles. The first-order valence-corrected chi connectivity index (χ1v) is 6.40. The maximum Gasteiger partial charge on any atom is 0.270 e. The van der Waals surface area contributed by atoms with E-state index in [1.807, 2.05) is 26.8 Å². The number of aromatic nitrogens is 2. The van der Waals surface area contributed by atoms with Gasteiger partial charge >= 0.3 is 0 Å². The molecule has 0 atom stereocenters. The lowest BCUT2D eigenvalue weighted by molar-refractivity contribution is -0.384. The number of nitro benzene ring substituents is 1. The van der Waals surface area contributed by atoms with Crippen LogP contribution in [0.15, 0.2) is 18.2 Å². The topological polar surface area (TPSA) is 87.0 Å². The van der Waals surface area contributed by atoms with Gasteiger partial charge in [-0.2, -0.15) is 5.10 Å². The molecule has 0 spiro atoms. The van der Waals surface area contributed by atoms with Crippen molar-refractivity contribution < 1.29 is 4.92 Å². The number of nitrogens with zero attached hydrogens (tertiary/aromatic N) is 3. The molecule has 2 rings (SSSR count). The summed E-state index contributed by atoms with van der Waals surface area (Å²) in [6.45, 7) is 5.89. The molecule has 1 aromatic heterocycles. The van der Waals surface area contributed by atoms with E-state index in [4.69, 9.17) is 5.73 Å². The second-order valence-corrected chi connectivity index (χ2v) is 5.24. The van der Waals surface area contributed by atoms with Crippen molar-refractivity contribution in [1.82, 2.24) is 9.78 Å². The summed E-state index contributed by atoms with van der Waals surface area (Å²) in [5, 5.41) is 15.4. The lowest BCUT2D eigenvalue weighted by Crippen LogP contribution is -2.00. The Labute approximate surface area is 117 Å². The molecule has 0 aliphatic carbocycles. The molecule has 0 radical (unpaired) electrons. The molecule has 1 heterocycles. The smallest absolute Gasteiger partial charge is 0.270 e. The average molecular weight is 274 g/mol. The standard InChI is InChI=1S/C14H18N4O2/c1-8(2)12-13(16-17(4)14(12)15)10-5-9(3)6-11(7-10)18(19)20/h5-8H,15H2,1-4H3. The van der Waals surface area contributed by atoms with Gasteiger partial charge in [0.05, 0.1) is 10.6 Å². The van der Waals surface area contributed by atoms with Gasteiger partial charge in [-0.25, -0.2) is 0 Å². The van der Waals surface area contributed by atoms with Crippen LogP contribution in [-0.4, -0.2) is 14.7 Å². The predicted molar refractivity (Wildman–Crippen MR) is 78.5 cm³/mol. The van der Waals surface area contributed by atoms with Crippen LogP contribution in [0.2, 0.25) is 0 Å². The van der Waals surface area contributed by atoms with E-state index in [9.17, 15) is 10.1 Å². The van der Waals surface area contributed by atoms with Crippen LogP contribution < -0.4 is 5.73 Å². The van der Waals surface area contributed by atoms with Crippen LogP contribution in [0.5, 0.6) is 0 Å². The Hall–Kier alpha value is -2.37. The Balaban J connectivity index is 2.68. The van der Waals surface area contributed by atoms with Gasteiger partial charge in [-0.3, -0.25) is 14.8 Å². The fraction of sp³-hybridized carbons (Fsp3) is 0.357. The third-order valence-electron chi connectivity index (χ3n) is 3.25. The molecule has 106 valence electrons. The predicted octanol–water partition coefficient (Wildman–Crippen LogP) is 3.01. The molecule has 2 N–H and O–H groups in total. The van der Waals surface area contributed by atoms with Crippen molar-refractivity contribution in [1.29, 1.82) is 0 Å². The van der Waals surface area contributed by atoms with E-state index >= 15 is 0 Å². The lowest BCUT2D eigenvalue weighted by atomic mass is 9.97. The van der Waals surface area contributed by atoms with Crippen LogP contribution in [0.25, 0.3) is 11.3 Å². The first kappa shape index (κ1) is 14.0. The van der Waals surface area contributed by atoms with Crippen LogP contribution in [0.1, 0.15) is 30.9 Å². The van der Waals surface area contributed by atoms with Gasteiger partial charge in [0.15, 0.2) is 0 Å². The molecule has 0 bridgehead atoms. The van der Waals surface area contributed by atoms with Crippen molar-refractivity contribution in [2.24, 2.45) is 7.05 Å². The van der Waals surface area contributed by atoms with E-state index in [1.165, 1.54) is 0 Å². The van der Waals surface area contributed by atoms with E-state index in [0.29, 0.717) is 11.5 Å². The zero-order valence-electron chi connectivity index (χ0n) is 12.0. The Morgan fingerprint density at radius 2 is 2.00 bits per heavy atom. The number of nitrogens with two attached hydrogens (primary N) is 1. The summed E-state index contributed by atoms with van der Waals surface area (Å²) in [5.74, 6) is 0.789. The zero-order valence-corrected chi connectivity index (χ0v) is 12.0. The van der Waals surface area contributed by atoms with Gasteiger partial charge in [-0.15, -0.1) is 0 Å². The van der Waals surface area contributed by atoms with Crippen molar-refractivity contribution >= 4 is 11.5 Å². The Morgan fingerprint density at radius 1 is 1.35 bits per heavy atom. The number of hydrogen-bond donors (Lipinski definition) is 1. The summed E-state index contributed by atoms with van der Waals surface area (Å²) < 4.78 is 1.61. The van der Waals surface area contributed by atoms with Gasteiger partial charge < -0.3 is 5.73 Å². The van der Waals surface area contributed by atoms with Crippen LogP contribution >= 0.6 is 0 Å². The molecule has 6 heteroatoms. The molecule has 1 aromatic carbocycles. The Morgan fingerprint density at radius 3 is 2.55 bits per heavy atom. The first-order chi connectivity index (χ1) is 9.31. The number of benzene rings is 1. The van der Waals surface area contributed by atoms with Crippen LogP contribution in [-0.2, 0) is 7.05 Å². The number of hydrogen-bond acceptors (Lipinski definition) is 4. The molecule has 2 aromatic rings. The van der Waals surface area contributed by atoms with Gasteiger partial charge in [0.1, 0.15) is 5.82 Å². The zero-order chi connectivity index (χ0) is 15.0. The molecule has 0 saturated carbocycles. The Kier molecular flexibility index (Phi) is 3.48. The molecular formula is C14H18N4O2. The number of nitrogen functional groups attached to an aromatic ring is 1. The van der Waals surface area contributed by atoms with E-state index in [-0.39, 0.29) is 11.6 Å². The van der Waals surface area contributed by atoms with Crippen molar-refractivity contribution in [3.8, 4) is 11.3 Å². The Bertz CT molecular complexity index is 674. The highest BCUT2D eigenvalue weighted by Gasteiger charge is 2.20. The molecule has 0 aliphatic rings. The summed E-state index contributed by atoms with van der Waals surface area (Å²) in [4.78, 5) is 10.6. The van der Waals surface area contributed by atoms with Crippen LogP contribution in [0.3, 0.4) is 0 Å². The van der Waals surface area contributed by atoms with Crippen molar-refractivity contribution in [3.05, 3.63) is 39.4 Å². The normalized spacial score (nSPS) is 11.1. The maximum absolute atomic E-state index is 11.0. The highest BCUT2D eigenvalue weighted by Crippen LogP contribution is 2.34. The maximum atomic E-state index is 11.0. The summed E-state index contributed by atoms with van der Waals surface area (Å²) in [6.07, 6.45) is 0. The third kappa shape index (κ3) is 2.36. The average Bonchev–Trinajstić information content (AvgIpc) is 2.65. The van der Waals surface area contributed by atoms with E-state index in [0.717, 1.165) is 16.7 Å². The van der Waals surface area contributed by atoms with E-state index in [2.05, 4.69) is 5.10 Å². The summed E-state index contributed by atoms with van der Waals surface area (Å²) >= 11 is 0. The van der Waals surface area contributed by atoms with Gasteiger partial charge in [0.25, 0.3) is 5.69 Å². The fourth-order valence-corrected chi connectivity index (χ4v) is 2.34.